The van der Waals surface area contributed by atoms with Crippen molar-refractivity contribution in [1.29, 1.82) is 5.26 Å². The summed E-state index contributed by atoms with van der Waals surface area (Å²) >= 11 is 0. The van der Waals surface area contributed by atoms with Crippen LogP contribution in [0.25, 0.3) is 0 Å². The van der Waals surface area contributed by atoms with Gasteiger partial charge in [0.2, 0.25) is 5.78 Å². The first-order chi connectivity index (χ1) is 8.17. The molecule has 0 saturated carbocycles. The van der Waals surface area contributed by atoms with Gasteiger partial charge in [0.05, 0.1) is 5.56 Å². The number of aryl methyl sites for hydroxylation is 1. The maximum Gasteiger partial charge on any atom is 0.323 e. The molecule has 6 nitrogen and oxygen atoms in total. The molecule has 0 aliphatic carbocycles. The zero-order valence-corrected chi connectivity index (χ0v) is 9.13. The zero-order valence-electron chi connectivity index (χ0n) is 9.13. The Bertz CT molecular complexity index is 654. The summed E-state index contributed by atoms with van der Waals surface area (Å²) in [6, 6.07) is 3.43. The first-order valence-corrected chi connectivity index (χ1v) is 5.10. The molecule has 0 aliphatic rings. The summed E-state index contributed by atoms with van der Waals surface area (Å²) in [6.07, 6.45) is 2.05. The van der Waals surface area contributed by atoms with Crippen molar-refractivity contribution in [3.05, 3.63) is 45.4 Å². The monoisotopic (exact) mass is 230 g/mol. The number of carbonyl (C=O) groups excluding carboxylic acids is 1. The fraction of sp³-hybridized carbons (Fsp3) is 0.182. The number of nitrogens with zero attached hydrogens (tertiary/aromatic N) is 1. The molecule has 0 amide bonds. The second-order valence-electron chi connectivity index (χ2n) is 3.49. The molecule has 2 aromatic rings. The largest absolute Gasteiger partial charge is 0.357 e. The maximum absolute atomic E-state index is 12.1. The Morgan fingerprint density at radius 3 is 2.82 bits per heavy atom. The number of ketones is 1. The molecule has 0 fully saturated rings. The predicted octanol–water partition coefficient (Wildman–Crippen LogP) is 0.696. The first kappa shape index (κ1) is 11.0. The average Bonchev–Trinajstić information content (AvgIpc) is 2.93. The van der Waals surface area contributed by atoms with Gasteiger partial charge >= 0.3 is 5.69 Å². The summed E-state index contributed by atoms with van der Waals surface area (Å²) in [5.74, 6) is -0.387. The molecule has 17 heavy (non-hydrogen) atoms. The van der Waals surface area contributed by atoms with Gasteiger partial charge in [-0.25, -0.2) is 4.79 Å². The Morgan fingerprint density at radius 2 is 2.18 bits per heavy atom. The summed E-state index contributed by atoms with van der Waals surface area (Å²) in [6.45, 7) is 1.83. The molecular formula is C11H10N4O2. The van der Waals surface area contributed by atoms with Gasteiger partial charge in [0.1, 0.15) is 17.5 Å². The highest BCUT2D eigenvalue weighted by Crippen LogP contribution is 2.12. The molecule has 2 aromatic heterocycles. The van der Waals surface area contributed by atoms with Crippen molar-refractivity contribution in [3.8, 4) is 6.07 Å². The number of aromatic amines is 3. The summed E-state index contributed by atoms with van der Waals surface area (Å²) < 4.78 is 0. The van der Waals surface area contributed by atoms with Gasteiger partial charge in [-0.1, -0.05) is 6.92 Å². The number of nitrogens with one attached hydrogen (secondary N) is 3. The molecule has 2 rings (SSSR count). The molecule has 0 saturated heterocycles. The van der Waals surface area contributed by atoms with E-state index in [9.17, 15) is 9.59 Å². The Balaban J connectivity index is 2.51. The van der Waals surface area contributed by atoms with Gasteiger partial charge < -0.3 is 15.0 Å². The first-order valence-electron chi connectivity index (χ1n) is 5.10. The van der Waals surface area contributed by atoms with E-state index in [1.54, 1.807) is 0 Å². The molecule has 0 aromatic carbocycles. The van der Waals surface area contributed by atoms with Crippen LogP contribution in [-0.4, -0.2) is 20.7 Å². The summed E-state index contributed by atoms with van der Waals surface area (Å²) in [5, 5.41) is 8.83. The SMILES string of the molecule is CCc1[nH]c(=O)[nH]c1C(=O)c1[nH]ccc1C#N. The summed E-state index contributed by atoms with van der Waals surface area (Å²) in [4.78, 5) is 31.0. The summed E-state index contributed by atoms with van der Waals surface area (Å²) in [5.41, 5.74) is 0.779. The van der Waals surface area contributed by atoms with Crippen LogP contribution in [0.3, 0.4) is 0 Å². The van der Waals surface area contributed by atoms with Crippen molar-refractivity contribution in [3.63, 3.8) is 0 Å². The van der Waals surface area contributed by atoms with Crippen LogP contribution in [0, 0.1) is 11.3 Å². The highest BCUT2D eigenvalue weighted by atomic mass is 16.1. The predicted molar refractivity (Wildman–Crippen MR) is 59.7 cm³/mol. The second-order valence-corrected chi connectivity index (χ2v) is 3.49. The van der Waals surface area contributed by atoms with Crippen LogP contribution >= 0.6 is 0 Å². The van der Waals surface area contributed by atoms with Gasteiger partial charge in [0.15, 0.2) is 0 Å². The van der Waals surface area contributed by atoms with Crippen LogP contribution in [-0.2, 0) is 6.42 Å². The number of rotatable bonds is 3. The highest BCUT2D eigenvalue weighted by molar-refractivity contribution is 6.08. The number of aromatic nitrogens is 3. The molecule has 3 N–H and O–H groups in total. The van der Waals surface area contributed by atoms with Gasteiger partial charge in [0, 0.05) is 11.9 Å². The lowest BCUT2D eigenvalue weighted by Crippen LogP contribution is -2.08. The topological polar surface area (TPSA) is 105 Å². The zero-order chi connectivity index (χ0) is 12.4. The fourth-order valence-electron chi connectivity index (χ4n) is 1.65. The van der Waals surface area contributed by atoms with Gasteiger partial charge in [-0.05, 0) is 12.5 Å². The highest BCUT2D eigenvalue weighted by Gasteiger charge is 2.19. The number of hydrogen-bond donors (Lipinski definition) is 3. The van der Waals surface area contributed by atoms with Crippen molar-refractivity contribution in [2.45, 2.75) is 13.3 Å². The molecule has 0 aliphatic heterocycles. The molecule has 0 bridgehead atoms. The third-order valence-corrected chi connectivity index (χ3v) is 2.48. The van der Waals surface area contributed by atoms with Crippen molar-refractivity contribution in [1.82, 2.24) is 15.0 Å². The number of hydrogen-bond acceptors (Lipinski definition) is 3. The van der Waals surface area contributed by atoms with Gasteiger partial charge in [0.25, 0.3) is 0 Å². The van der Waals surface area contributed by atoms with E-state index in [0.29, 0.717) is 12.1 Å². The summed E-state index contributed by atoms with van der Waals surface area (Å²) in [7, 11) is 0. The average molecular weight is 230 g/mol. The van der Waals surface area contributed by atoms with Gasteiger partial charge in [-0.2, -0.15) is 5.26 Å². The molecule has 0 unspecified atom stereocenters. The number of carbonyl (C=O) groups is 1. The van der Waals surface area contributed by atoms with Crippen LogP contribution in [0.4, 0.5) is 0 Å². The van der Waals surface area contributed by atoms with Crippen LogP contribution in [0.1, 0.15) is 34.4 Å². The minimum atomic E-state index is -0.421. The van der Waals surface area contributed by atoms with Crippen LogP contribution in [0.5, 0.6) is 0 Å². The molecule has 2 heterocycles. The molecule has 0 radical (unpaired) electrons. The van der Waals surface area contributed by atoms with E-state index >= 15 is 0 Å². The van der Waals surface area contributed by atoms with E-state index in [0.717, 1.165) is 0 Å². The van der Waals surface area contributed by atoms with Crippen LogP contribution < -0.4 is 5.69 Å². The van der Waals surface area contributed by atoms with Crippen molar-refractivity contribution >= 4 is 5.78 Å². The van der Waals surface area contributed by atoms with Crippen molar-refractivity contribution in [2.75, 3.05) is 0 Å². The minimum absolute atomic E-state index is 0.192. The number of nitriles is 1. The third kappa shape index (κ3) is 1.78. The fourth-order valence-corrected chi connectivity index (χ4v) is 1.65. The quantitative estimate of drug-likeness (QED) is 0.675. The Morgan fingerprint density at radius 1 is 1.41 bits per heavy atom. The lowest BCUT2D eigenvalue weighted by Gasteiger charge is -1.98. The van der Waals surface area contributed by atoms with E-state index < -0.39 is 5.69 Å². The van der Waals surface area contributed by atoms with Gasteiger partial charge in [-0.3, -0.25) is 4.79 Å². The van der Waals surface area contributed by atoms with E-state index in [4.69, 9.17) is 5.26 Å². The minimum Gasteiger partial charge on any atom is -0.357 e. The Labute approximate surface area is 96.3 Å². The van der Waals surface area contributed by atoms with Crippen LogP contribution in [0.2, 0.25) is 0 Å². The van der Waals surface area contributed by atoms with Crippen molar-refractivity contribution < 1.29 is 4.79 Å². The van der Waals surface area contributed by atoms with E-state index in [1.807, 2.05) is 13.0 Å². The molecular weight excluding hydrogens is 220 g/mol. The molecule has 0 atom stereocenters. The Hall–Kier alpha value is -2.55. The van der Waals surface area contributed by atoms with E-state index in [1.165, 1.54) is 12.3 Å². The standard InChI is InChI=1S/C11H10N4O2/c1-2-7-9(15-11(17)14-7)10(16)8-6(5-12)3-4-13-8/h3-4,13H,2H2,1H3,(H2,14,15,17). The van der Waals surface area contributed by atoms with Gasteiger partial charge in [-0.15, -0.1) is 0 Å². The lowest BCUT2D eigenvalue weighted by molar-refractivity contribution is 0.102. The van der Waals surface area contributed by atoms with Crippen molar-refractivity contribution in [2.24, 2.45) is 0 Å². The molecule has 6 heteroatoms. The van der Waals surface area contributed by atoms with E-state index in [2.05, 4.69) is 15.0 Å². The second kappa shape index (κ2) is 4.14. The number of H-pyrrole nitrogens is 3. The normalized spacial score (nSPS) is 10.1. The smallest absolute Gasteiger partial charge is 0.323 e. The number of imidazole rings is 1. The third-order valence-electron chi connectivity index (χ3n) is 2.48. The maximum atomic E-state index is 12.1. The molecule has 0 spiro atoms. The Kier molecular flexibility index (Phi) is 2.66. The molecule has 86 valence electrons. The van der Waals surface area contributed by atoms with E-state index in [-0.39, 0.29) is 22.7 Å². The lowest BCUT2D eigenvalue weighted by atomic mass is 10.1. The van der Waals surface area contributed by atoms with Crippen LogP contribution in [0.15, 0.2) is 17.1 Å².